The fraction of sp³-hybridized carbons (Fsp3) is 0.250. The third kappa shape index (κ3) is 5.39. The molecular formula is C20H25N9O4. The molecule has 0 spiro atoms. The van der Waals surface area contributed by atoms with Crippen molar-refractivity contribution in [2.24, 2.45) is 26.9 Å². The summed E-state index contributed by atoms with van der Waals surface area (Å²) in [5, 5.41) is 12.0. The smallest absolute Gasteiger partial charge is 0.273 e. The fourth-order valence-electron chi connectivity index (χ4n) is 3.18. The molecule has 0 radical (unpaired) electrons. The molecular weight excluding hydrogens is 430 g/mol. The number of nitrogens with zero attached hydrogens (tertiary/aromatic N) is 4. The second-order valence-corrected chi connectivity index (χ2v) is 7.41. The third-order valence-corrected chi connectivity index (χ3v) is 4.77. The first-order chi connectivity index (χ1) is 15.5. The zero-order chi connectivity index (χ0) is 24.3. The van der Waals surface area contributed by atoms with E-state index < -0.39 is 17.7 Å². The van der Waals surface area contributed by atoms with Crippen molar-refractivity contribution in [2.75, 3.05) is 22.9 Å². The predicted octanol–water partition coefficient (Wildman–Crippen LogP) is -0.211. The molecule has 174 valence electrons. The van der Waals surface area contributed by atoms with E-state index in [0.29, 0.717) is 17.1 Å². The Bertz CT molecular complexity index is 1230. The molecule has 33 heavy (non-hydrogen) atoms. The number of nitrogen functional groups attached to an aromatic ring is 1. The number of rotatable bonds is 8. The Kier molecular flexibility index (Phi) is 6.51. The minimum Gasteiger partial charge on any atom is -0.397 e. The van der Waals surface area contributed by atoms with E-state index >= 15 is 0 Å². The average molecular weight is 455 g/mol. The number of primary amides is 1. The van der Waals surface area contributed by atoms with Crippen molar-refractivity contribution < 1.29 is 19.2 Å². The number of carbonyl (C=O) groups is 4. The Morgan fingerprint density at radius 2 is 1.52 bits per heavy atom. The van der Waals surface area contributed by atoms with Crippen LogP contribution in [0, 0.1) is 0 Å². The standard InChI is InChI=1S/C20H25N9O4/c1-27-9-11(21)6-13(27)19(32)24-12-7-14(28(2)10-12)20(33)25-17-8-15(29(3)26-17)18(31)23-5-4-16(22)30/h6-10H,4-5,21H2,1-3H3,(H2,22,30)(H,23,31)(H,24,32)(H,25,26,33). The largest absolute Gasteiger partial charge is 0.397 e. The van der Waals surface area contributed by atoms with Gasteiger partial charge in [0.05, 0.1) is 11.4 Å². The van der Waals surface area contributed by atoms with Crippen LogP contribution in [-0.2, 0) is 25.9 Å². The van der Waals surface area contributed by atoms with Gasteiger partial charge in [0.2, 0.25) is 5.91 Å². The van der Waals surface area contributed by atoms with Gasteiger partial charge in [-0.05, 0) is 12.1 Å². The molecule has 3 heterocycles. The van der Waals surface area contributed by atoms with Crippen molar-refractivity contribution in [3.05, 3.63) is 47.7 Å². The Labute approximate surface area is 188 Å². The van der Waals surface area contributed by atoms with E-state index in [2.05, 4.69) is 21.0 Å². The SMILES string of the molecule is Cn1cc(N)cc1C(=O)Nc1cc(C(=O)Nc2cc(C(=O)NCCC(N)=O)n(C)n2)n(C)c1. The molecule has 13 heteroatoms. The highest BCUT2D eigenvalue weighted by Crippen LogP contribution is 2.17. The van der Waals surface area contributed by atoms with Gasteiger partial charge >= 0.3 is 0 Å². The van der Waals surface area contributed by atoms with E-state index in [1.54, 1.807) is 48.7 Å². The van der Waals surface area contributed by atoms with Crippen LogP contribution < -0.4 is 27.4 Å². The number of carbonyl (C=O) groups excluding carboxylic acids is 4. The van der Waals surface area contributed by atoms with Gasteiger partial charge in [0.25, 0.3) is 17.7 Å². The van der Waals surface area contributed by atoms with E-state index in [9.17, 15) is 19.2 Å². The number of aryl methyl sites for hydroxylation is 3. The summed E-state index contributed by atoms with van der Waals surface area (Å²) in [6.07, 6.45) is 3.23. The summed E-state index contributed by atoms with van der Waals surface area (Å²) < 4.78 is 4.45. The summed E-state index contributed by atoms with van der Waals surface area (Å²) in [4.78, 5) is 48.2. The van der Waals surface area contributed by atoms with Gasteiger partial charge < -0.3 is 36.6 Å². The van der Waals surface area contributed by atoms with Crippen LogP contribution in [0.2, 0.25) is 0 Å². The summed E-state index contributed by atoms with van der Waals surface area (Å²) in [6.45, 7) is 0.0915. The lowest BCUT2D eigenvalue weighted by Crippen LogP contribution is -2.29. The van der Waals surface area contributed by atoms with Gasteiger partial charge in [-0.2, -0.15) is 5.10 Å². The Morgan fingerprint density at radius 1 is 0.879 bits per heavy atom. The molecule has 7 N–H and O–H groups in total. The summed E-state index contributed by atoms with van der Waals surface area (Å²) >= 11 is 0. The Hall–Kier alpha value is -4.55. The van der Waals surface area contributed by atoms with Crippen LogP contribution in [-0.4, -0.2) is 49.1 Å². The third-order valence-electron chi connectivity index (χ3n) is 4.77. The maximum absolute atomic E-state index is 12.7. The zero-order valence-corrected chi connectivity index (χ0v) is 18.4. The molecule has 0 aromatic carbocycles. The molecule has 0 aliphatic carbocycles. The minimum atomic E-state index is -0.529. The van der Waals surface area contributed by atoms with Gasteiger partial charge in [0, 0.05) is 52.6 Å². The molecule has 4 amide bonds. The molecule has 3 aromatic rings. The van der Waals surface area contributed by atoms with Crippen LogP contribution in [0.3, 0.4) is 0 Å². The van der Waals surface area contributed by atoms with E-state index in [-0.39, 0.29) is 36.1 Å². The number of nitrogens with two attached hydrogens (primary N) is 2. The van der Waals surface area contributed by atoms with Crippen molar-refractivity contribution in [1.82, 2.24) is 24.2 Å². The van der Waals surface area contributed by atoms with Crippen LogP contribution in [0.1, 0.15) is 37.9 Å². The zero-order valence-electron chi connectivity index (χ0n) is 18.4. The monoisotopic (exact) mass is 455 g/mol. The topological polar surface area (TPSA) is 184 Å². The highest BCUT2D eigenvalue weighted by molar-refractivity contribution is 6.07. The minimum absolute atomic E-state index is 0.0109. The maximum Gasteiger partial charge on any atom is 0.273 e. The van der Waals surface area contributed by atoms with Gasteiger partial charge in [0.15, 0.2) is 5.82 Å². The molecule has 13 nitrogen and oxygen atoms in total. The molecule has 3 aromatic heterocycles. The molecule has 0 fully saturated rings. The summed E-state index contributed by atoms with van der Waals surface area (Å²) in [5.41, 5.74) is 12.5. The number of anilines is 3. The number of amides is 4. The number of hydrogen-bond donors (Lipinski definition) is 5. The molecule has 0 atom stereocenters. The molecule has 0 aliphatic heterocycles. The maximum atomic E-state index is 12.7. The number of nitrogens with one attached hydrogen (secondary N) is 3. The lowest BCUT2D eigenvalue weighted by molar-refractivity contribution is -0.117. The lowest BCUT2D eigenvalue weighted by Gasteiger charge is -2.03. The van der Waals surface area contributed by atoms with Crippen LogP contribution in [0.4, 0.5) is 17.2 Å². The van der Waals surface area contributed by atoms with Crippen LogP contribution in [0.25, 0.3) is 0 Å². The van der Waals surface area contributed by atoms with Gasteiger partial charge in [-0.15, -0.1) is 0 Å². The predicted molar refractivity (Wildman–Crippen MR) is 120 cm³/mol. The van der Waals surface area contributed by atoms with Crippen molar-refractivity contribution in [3.8, 4) is 0 Å². The van der Waals surface area contributed by atoms with Crippen molar-refractivity contribution in [2.45, 2.75) is 6.42 Å². The summed E-state index contributed by atoms with van der Waals surface area (Å²) in [7, 11) is 4.90. The molecule has 0 saturated carbocycles. The van der Waals surface area contributed by atoms with Crippen molar-refractivity contribution in [1.29, 1.82) is 0 Å². The van der Waals surface area contributed by atoms with E-state index in [0.717, 1.165) is 0 Å². The van der Waals surface area contributed by atoms with Crippen LogP contribution >= 0.6 is 0 Å². The highest BCUT2D eigenvalue weighted by Gasteiger charge is 2.19. The normalized spacial score (nSPS) is 10.6. The van der Waals surface area contributed by atoms with Gasteiger partial charge in [-0.1, -0.05) is 0 Å². The highest BCUT2D eigenvalue weighted by atomic mass is 16.2. The van der Waals surface area contributed by atoms with Gasteiger partial charge in [-0.25, -0.2) is 0 Å². The summed E-state index contributed by atoms with van der Waals surface area (Å²) in [6, 6.07) is 4.47. The molecule has 0 bridgehead atoms. The first-order valence-electron chi connectivity index (χ1n) is 9.86. The average Bonchev–Trinajstić information content (AvgIpc) is 3.37. The number of aromatic nitrogens is 4. The molecule has 0 unspecified atom stereocenters. The molecule has 0 saturated heterocycles. The number of hydrogen-bond acceptors (Lipinski definition) is 6. The fourth-order valence-corrected chi connectivity index (χ4v) is 3.18. The van der Waals surface area contributed by atoms with Gasteiger partial charge in [-0.3, -0.25) is 23.9 Å². The Balaban J connectivity index is 1.67. The van der Waals surface area contributed by atoms with Crippen LogP contribution in [0.5, 0.6) is 0 Å². The lowest BCUT2D eigenvalue weighted by atomic mass is 10.3. The molecule has 3 rings (SSSR count). The van der Waals surface area contributed by atoms with Crippen molar-refractivity contribution in [3.63, 3.8) is 0 Å². The van der Waals surface area contributed by atoms with Gasteiger partial charge in [0.1, 0.15) is 17.1 Å². The summed E-state index contributed by atoms with van der Waals surface area (Å²) in [5.74, 6) is -1.69. The van der Waals surface area contributed by atoms with E-state index in [1.807, 2.05) is 0 Å². The second kappa shape index (κ2) is 9.30. The van der Waals surface area contributed by atoms with E-state index in [4.69, 9.17) is 11.5 Å². The van der Waals surface area contributed by atoms with Crippen LogP contribution in [0.15, 0.2) is 30.6 Å². The second-order valence-electron chi connectivity index (χ2n) is 7.41. The van der Waals surface area contributed by atoms with Crippen molar-refractivity contribution >= 4 is 40.8 Å². The quantitative estimate of drug-likeness (QED) is 0.313. The first-order valence-corrected chi connectivity index (χ1v) is 9.86. The Morgan fingerprint density at radius 3 is 2.15 bits per heavy atom. The van der Waals surface area contributed by atoms with E-state index in [1.165, 1.54) is 16.8 Å². The molecule has 0 aliphatic rings. The first kappa shape index (κ1) is 23.1.